The van der Waals surface area contributed by atoms with E-state index in [0.29, 0.717) is 6.42 Å². The molecule has 0 spiro atoms. The summed E-state index contributed by atoms with van der Waals surface area (Å²) in [6.45, 7) is 0.0667. The van der Waals surface area contributed by atoms with Gasteiger partial charge in [0.05, 0.1) is 5.56 Å². The average molecular weight is 274 g/mol. The van der Waals surface area contributed by atoms with Crippen molar-refractivity contribution in [2.24, 2.45) is 5.92 Å². The van der Waals surface area contributed by atoms with E-state index in [1.807, 2.05) is 0 Å². The molecule has 19 heavy (non-hydrogen) atoms. The van der Waals surface area contributed by atoms with E-state index < -0.39 is 11.7 Å². The normalized spacial score (nSPS) is 23.6. The third kappa shape index (κ3) is 3.37. The molecule has 2 rings (SSSR count). The first-order valence-corrected chi connectivity index (χ1v) is 6.42. The molecule has 6 heteroatoms. The van der Waals surface area contributed by atoms with Gasteiger partial charge in [0.1, 0.15) is 5.82 Å². The van der Waals surface area contributed by atoms with Crippen LogP contribution >= 0.6 is 0 Å². The summed E-state index contributed by atoms with van der Waals surface area (Å²) >= 11 is 0. The third-order valence-corrected chi connectivity index (χ3v) is 3.59. The topological polar surface area (TPSA) is 45.1 Å². The maximum absolute atomic E-state index is 12.8. The second-order valence-electron chi connectivity index (χ2n) is 4.85. The van der Waals surface area contributed by atoms with Crippen molar-refractivity contribution in [3.05, 3.63) is 23.9 Å². The van der Waals surface area contributed by atoms with Crippen molar-refractivity contribution < 1.29 is 18.3 Å². The van der Waals surface area contributed by atoms with Gasteiger partial charge in [0.25, 0.3) is 0 Å². The number of alkyl halides is 3. The molecule has 0 aliphatic heterocycles. The Morgan fingerprint density at radius 1 is 1.37 bits per heavy atom. The first-order chi connectivity index (χ1) is 9.02. The van der Waals surface area contributed by atoms with Crippen LogP contribution in [0, 0.1) is 5.92 Å². The Kier molecular flexibility index (Phi) is 4.29. The lowest BCUT2D eigenvalue weighted by atomic mass is 10.00. The SMILES string of the molecule is OCCC1CCCC1Nc1ncccc1C(F)(F)F. The molecule has 1 aromatic rings. The first kappa shape index (κ1) is 14.1. The molecule has 2 unspecified atom stereocenters. The highest BCUT2D eigenvalue weighted by molar-refractivity contribution is 5.46. The predicted octanol–water partition coefficient (Wildman–Crippen LogP) is 3.06. The van der Waals surface area contributed by atoms with Gasteiger partial charge in [-0.15, -0.1) is 0 Å². The molecule has 1 fully saturated rings. The van der Waals surface area contributed by atoms with Crippen molar-refractivity contribution >= 4 is 5.82 Å². The van der Waals surface area contributed by atoms with Crippen molar-refractivity contribution in [1.29, 1.82) is 0 Å². The first-order valence-electron chi connectivity index (χ1n) is 6.42. The summed E-state index contributed by atoms with van der Waals surface area (Å²) in [6.07, 6.45) is 0.294. The summed E-state index contributed by atoms with van der Waals surface area (Å²) in [6, 6.07) is 2.28. The highest BCUT2D eigenvalue weighted by Gasteiger charge is 2.36. The van der Waals surface area contributed by atoms with Crippen molar-refractivity contribution in [2.45, 2.75) is 37.9 Å². The summed E-state index contributed by atoms with van der Waals surface area (Å²) in [5, 5.41) is 11.9. The molecule has 1 saturated carbocycles. The van der Waals surface area contributed by atoms with Gasteiger partial charge in [-0.1, -0.05) is 6.42 Å². The number of pyridine rings is 1. The Morgan fingerprint density at radius 3 is 2.84 bits per heavy atom. The lowest BCUT2D eigenvalue weighted by Crippen LogP contribution is -2.26. The molecule has 3 nitrogen and oxygen atoms in total. The molecular formula is C13H17F3N2O. The number of aliphatic hydroxyl groups is 1. The highest BCUT2D eigenvalue weighted by atomic mass is 19.4. The van der Waals surface area contributed by atoms with Crippen LogP contribution in [0.2, 0.25) is 0 Å². The van der Waals surface area contributed by atoms with E-state index in [4.69, 9.17) is 5.11 Å². The minimum absolute atomic E-state index is 0.0388. The number of nitrogens with zero attached hydrogens (tertiary/aromatic N) is 1. The van der Waals surface area contributed by atoms with Crippen molar-refractivity contribution in [3.8, 4) is 0 Å². The largest absolute Gasteiger partial charge is 0.419 e. The van der Waals surface area contributed by atoms with Crippen LogP contribution in [-0.4, -0.2) is 22.7 Å². The zero-order valence-corrected chi connectivity index (χ0v) is 10.5. The lowest BCUT2D eigenvalue weighted by Gasteiger charge is -2.22. The van der Waals surface area contributed by atoms with Gasteiger partial charge in [-0.3, -0.25) is 0 Å². The van der Waals surface area contributed by atoms with E-state index in [0.717, 1.165) is 25.3 Å². The van der Waals surface area contributed by atoms with Crippen LogP contribution < -0.4 is 5.32 Å². The number of anilines is 1. The zero-order chi connectivity index (χ0) is 13.9. The molecular weight excluding hydrogens is 257 g/mol. The van der Waals surface area contributed by atoms with Gasteiger partial charge in [0.2, 0.25) is 0 Å². The molecule has 2 atom stereocenters. The Morgan fingerprint density at radius 2 is 2.16 bits per heavy atom. The molecule has 0 radical (unpaired) electrons. The Bertz CT molecular complexity index is 423. The number of aromatic nitrogens is 1. The second kappa shape index (κ2) is 5.77. The molecule has 0 aromatic carbocycles. The summed E-state index contributed by atoms with van der Waals surface area (Å²) in [4.78, 5) is 3.81. The summed E-state index contributed by atoms with van der Waals surface area (Å²) in [7, 11) is 0. The van der Waals surface area contributed by atoms with Crippen molar-refractivity contribution in [1.82, 2.24) is 4.98 Å². The fourth-order valence-electron chi connectivity index (χ4n) is 2.66. The summed E-state index contributed by atoms with van der Waals surface area (Å²) in [5.74, 6) is 0.109. The average Bonchev–Trinajstić information content (AvgIpc) is 2.77. The fourth-order valence-corrected chi connectivity index (χ4v) is 2.66. The lowest BCUT2D eigenvalue weighted by molar-refractivity contribution is -0.137. The quantitative estimate of drug-likeness (QED) is 0.887. The second-order valence-corrected chi connectivity index (χ2v) is 4.85. The van der Waals surface area contributed by atoms with Gasteiger partial charge < -0.3 is 10.4 Å². The predicted molar refractivity (Wildman–Crippen MR) is 65.7 cm³/mol. The number of nitrogens with one attached hydrogen (secondary N) is 1. The molecule has 1 heterocycles. The molecule has 0 bridgehead atoms. The van der Waals surface area contributed by atoms with Crippen LogP contribution in [0.15, 0.2) is 18.3 Å². The van der Waals surface area contributed by atoms with E-state index in [2.05, 4.69) is 10.3 Å². The fraction of sp³-hybridized carbons (Fsp3) is 0.615. The summed E-state index contributed by atoms with van der Waals surface area (Å²) in [5.41, 5.74) is -0.732. The van der Waals surface area contributed by atoms with Crippen molar-refractivity contribution in [3.63, 3.8) is 0 Å². The highest BCUT2D eigenvalue weighted by Crippen LogP contribution is 2.36. The molecule has 1 aromatic heterocycles. The maximum Gasteiger partial charge on any atom is 0.419 e. The molecule has 1 aliphatic rings. The van der Waals surface area contributed by atoms with Crippen LogP contribution in [0.1, 0.15) is 31.2 Å². The van der Waals surface area contributed by atoms with Crippen molar-refractivity contribution in [2.75, 3.05) is 11.9 Å². The van der Waals surface area contributed by atoms with Gasteiger partial charge in [-0.2, -0.15) is 13.2 Å². The van der Waals surface area contributed by atoms with E-state index in [1.54, 1.807) is 0 Å². The number of hydrogen-bond acceptors (Lipinski definition) is 3. The van der Waals surface area contributed by atoms with Gasteiger partial charge in [-0.05, 0) is 37.3 Å². The van der Waals surface area contributed by atoms with Crippen LogP contribution in [0.4, 0.5) is 19.0 Å². The minimum Gasteiger partial charge on any atom is -0.396 e. The molecule has 1 aliphatic carbocycles. The molecule has 2 N–H and O–H groups in total. The molecule has 106 valence electrons. The van der Waals surface area contributed by atoms with Crippen LogP contribution in [0.25, 0.3) is 0 Å². The van der Waals surface area contributed by atoms with Crippen LogP contribution in [0.3, 0.4) is 0 Å². The minimum atomic E-state index is -4.40. The van der Waals surface area contributed by atoms with Gasteiger partial charge in [-0.25, -0.2) is 4.98 Å². The third-order valence-electron chi connectivity index (χ3n) is 3.59. The maximum atomic E-state index is 12.8. The van der Waals surface area contributed by atoms with E-state index in [-0.39, 0.29) is 24.4 Å². The van der Waals surface area contributed by atoms with E-state index in [9.17, 15) is 13.2 Å². The van der Waals surface area contributed by atoms with Gasteiger partial charge in [0, 0.05) is 18.8 Å². The number of halogens is 3. The Labute approximate surface area is 109 Å². The Hall–Kier alpha value is -1.30. The van der Waals surface area contributed by atoms with Crippen LogP contribution in [-0.2, 0) is 6.18 Å². The smallest absolute Gasteiger partial charge is 0.396 e. The Balaban J connectivity index is 2.15. The van der Waals surface area contributed by atoms with E-state index >= 15 is 0 Å². The number of aliphatic hydroxyl groups excluding tert-OH is 1. The summed E-state index contributed by atoms with van der Waals surface area (Å²) < 4.78 is 38.5. The standard InChI is InChI=1S/C13H17F3N2O/c14-13(15,16)10-4-2-7-17-12(10)18-11-5-1-3-9(11)6-8-19/h2,4,7,9,11,19H,1,3,5-6,8H2,(H,17,18). The molecule has 0 amide bonds. The number of hydrogen-bond donors (Lipinski definition) is 2. The van der Waals surface area contributed by atoms with E-state index in [1.165, 1.54) is 12.3 Å². The number of rotatable bonds is 4. The monoisotopic (exact) mass is 274 g/mol. The zero-order valence-electron chi connectivity index (χ0n) is 10.5. The van der Waals surface area contributed by atoms with Gasteiger partial charge >= 0.3 is 6.18 Å². The van der Waals surface area contributed by atoms with Gasteiger partial charge in [0.15, 0.2) is 0 Å². The van der Waals surface area contributed by atoms with Crippen LogP contribution in [0.5, 0.6) is 0 Å². The molecule has 0 saturated heterocycles.